The molecular formula is C16H30N2O. The Kier molecular flexibility index (Phi) is 3.97. The number of nitrogens with two attached hydrogens (primary N) is 1. The minimum Gasteiger partial charge on any atom is -0.352 e. The summed E-state index contributed by atoms with van der Waals surface area (Å²) >= 11 is 0. The fourth-order valence-corrected chi connectivity index (χ4v) is 4.59. The Morgan fingerprint density at radius 1 is 1.42 bits per heavy atom. The molecule has 0 aromatic heterocycles. The van der Waals surface area contributed by atoms with Gasteiger partial charge in [0.25, 0.3) is 0 Å². The maximum absolute atomic E-state index is 12.2. The molecule has 4 atom stereocenters. The van der Waals surface area contributed by atoms with E-state index in [1.54, 1.807) is 0 Å². The predicted molar refractivity (Wildman–Crippen MR) is 78.7 cm³/mol. The van der Waals surface area contributed by atoms with Crippen molar-refractivity contribution in [2.24, 2.45) is 22.5 Å². The van der Waals surface area contributed by atoms with Crippen LogP contribution in [0.4, 0.5) is 0 Å². The lowest BCUT2D eigenvalue weighted by molar-refractivity contribution is -0.124. The van der Waals surface area contributed by atoms with Gasteiger partial charge >= 0.3 is 0 Å². The molecule has 3 heteroatoms. The quantitative estimate of drug-likeness (QED) is 0.804. The molecule has 0 spiro atoms. The molecular weight excluding hydrogens is 236 g/mol. The fourth-order valence-electron chi connectivity index (χ4n) is 4.59. The van der Waals surface area contributed by atoms with Crippen molar-refractivity contribution < 1.29 is 4.79 Å². The van der Waals surface area contributed by atoms with Crippen LogP contribution in [0.1, 0.15) is 66.2 Å². The van der Waals surface area contributed by atoms with Gasteiger partial charge in [-0.15, -0.1) is 0 Å². The van der Waals surface area contributed by atoms with Crippen molar-refractivity contribution in [3.63, 3.8) is 0 Å². The molecule has 0 radical (unpaired) electrons. The van der Waals surface area contributed by atoms with E-state index in [2.05, 4.69) is 33.0 Å². The third-order valence-corrected chi connectivity index (χ3v) is 5.68. The molecule has 2 saturated carbocycles. The van der Waals surface area contributed by atoms with Gasteiger partial charge in [0.1, 0.15) is 0 Å². The Hall–Kier alpha value is -0.570. The normalized spacial score (nSPS) is 37.3. The summed E-state index contributed by atoms with van der Waals surface area (Å²) in [7, 11) is 0. The molecule has 0 aromatic rings. The lowest BCUT2D eigenvalue weighted by atomic mass is 9.68. The highest BCUT2D eigenvalue weighted by atomic mass is 16.1. The molecule has 1 amide bonds. The van der Waals surface area contributed by atoms with E-state index < -0.39 is 0 Å². The van der Waals surface area contributed by atoms with Crippen molar-refractivity contribution in [1.82, 2.24) is 5.32 Å². The van der Waals surface area contributed by atoms with E-state index in [1.807, 2.05) is 0 Å². The Morgan fingerprint density at radius 3 is 2.63 bits per heavy atom. The van der Waals surface area contributed by atoms with E-state index >= 15 is 0 Å². The highest BCUT2D eigenvalue weighted by Gasteiger charge is 2.59. The van der Waals surface area contributed by atoms with Crippen LogP contribution in [-0.4, -0.2) is 18.0 Å². The van der Waals surface area contributed by atoms with Gasteiger partial charge in [-0.25, -0.2) is 0 Å². The molecule has 2 aliphatic carbocycles. The maximum Gasteiger partial charge on any atom is 0.221 e. The van der Waals surface area contributed by atoms with Crippen LogP contribution in [0.3, 0.4) is 0 Å². The van der Waals surface area contributed by atoms with E-state index in [0.29, 0.717) is 17.9 Å². The highest BCUT2D eigenvalue weighted by Crippen LogP contribution is 2.62. The summed E-state index contributed by atoms with van der Waals surface area (Å²) in [5.74, 6) is 0.917. The lowest BCUT2D eigenvalue weighted by Crippen LogP contribution is -2.53. The summed E-state index contributed by atoms with van der Waals surface area (Å²) in [5.41, 5.74) is 6.51. The van der Waals surface area contributed by atoms with Crippen LogP contribution in [0.2, 0.25) is 0 Å². The molecule has 19 heavy (non-hydrogen) atoms. The SMILES string of the molecule is CCCC(N)CC(=O)NC1C2(C)CCC(C2)C1(C)C. The van der Waals surface area contributed by atoms with Gasteiger partial charge in [-0.1, -0.05) is 34.1 Å². The molecule has 2 rings (SSSR count). The van der Waals surface area contributed by atoms with E-state index in [-0.39, 0.29) is 17.4 Å². The van der Waals surface area contributed by atoms with Crippen LogP contribution in [0.25, 0.3) is 0 Å². The Bertz CT molecular complexity index is 348. The first-order valence-corrected chi connectivity index (χ1v) is 7.84. The van der Waals surface area contributed by atoms with Gasteiger partial charge in [-0.2, -0.15) is 0 Å². The highest BCUT2D eigenvalue weighted by molar-refractivity contribution is 5.77. The summed E-state index contributed by atoms with van der Waals surface area (Å²) in [6.07, 6.45) is 6.30. The minimum absolute atomic E-state index is 0.0134. The largest absolute Gasteiger partial charge is 0.352 e. The molecule has 3 nitrogen and oxygen atoms in total. The zero-order valence-electron chi connectivity index (χ0n) is 13.0. The minimum atomic E-state index is 0.0134. The van der Waals surface area contributed by atoms with Gasteiger partial charge in [-0.3, -0.25) is 4.79 Å². The van der Waals surface area contributed by atoms with Crippen molar-refractivity contribution in [2.75, 3.05) is 0 Å². The number of nitrogens with one attached hydrogen (secondary N) is 1. The number of fused-ring (bicyclic) bond motifs is 2. The Labute approximate surface area is 117 Å². The van der Waals surface area contributed by atoms with Gasteiger partial charge in [0.2, 0.25) is 5.91 Å². The molecule has 0 saturated heterocycles. The van der Waals surface area contributed by atoms with Gasteiger partial charge in [0, 0.05) is 18.5 Å². The molecule has 0 aromatic carbocycles. The number of amides is 1. The number of rotatable bonds is 5. The molecule has 110 valence electrons. The number of hydrogen-bond acceptors (Lipinski definition) is 2. The molecule has 0 aliphatic heterocycles. The summed E-state index contributed by atoms with van der Waals surface area (Å²) in [4.78, 5) is 12.2. The molecule has 0 heterocycles. The second kappa shape index (κ2) is 5.08. The van der Waals surface area contributed by atoms with Crippen molar-refractivity contribution in [3.05, 3.63) is 0 Å². The average Bonchev–Trinajstić information content (AvgIpc) is 2.76. The Morgan fingerprint density at radius 2 is 2.11 bits per heavy atom. The van der Waals surface area contributed by atoms with Crippen molar-refractivity contribution >= 4 is 5.91 Å². The number of carbonyl (C=O) groups is 1. The predicted octanol–water partition coefficient (Wildman–Crippen LogP) is 2.83. The standard InChI is InChI=1S/C16H30N2O/c1-5-6-12(17)9-13(19)18-14-15(2,3)11-7-8-16(14,4)10-11/h11-12,14H,5-10,17H2,1-4H3,(H,18,19). The number of carbonyl (C=O) groups excluding carboxylic acids is 1. The van der Waals surface area contributed by atoms with Crippen LogP contribution in [0.5, 0.6) is 0 Å². The molecule has 3 N–H and O–H groups in total. The van der Waals surface area contributed by atoms with Crippen molar-refractivity contribution in [1.29, 1.82) is 0 Å². The van der Waals surface area contributed by atoms with Gasteiger partial charge in [0.05, 0.1) is 0 Å². The summed E-state index contributed by atoms with van der Waals surface area (Å²) < 4.78 is 0. The summed E-state index contributed by atoms with van der Waals surface area (Å²) in [5, 5.41) is 3.31. The van der Waals surface area contributed by atoms with E-state index in [4.69, 9.17) is 5.73 Å². The van der Waals surface area contributed by atoms with Crippen LogP contribution in [-0.2, 0) is 4.79 Å². The molecule has 2 bridgehead atoms. The topological polar surface area (TPSA) is 55.1 Å². The van der Waals surface area contributed by atoms with Crippen molar-refractivity contribution in [2.45, 2.75) is 78.3 Å². The van der Waals surface area contributed by atoms with Crippen LogP contribution >= 0.6 is 0 Å². The van der Waals surface area contributed by atoms with E-state index in [9.17, 15) is 4.79 Å². The number of hydrogen-bond donors (Lipinski definition) is 2. The summed E-state index contributed by atoms with van der Waals surface area (Å²) in [6.45, 7) is 9.09. The summed E-state index contributed by atoms with van der Waals surface area (Å²) in [6, 6.07) is 0.333. The fraction of sp³-hybridized carbons (Fsp3) is 0.938. The van der Waals surface area contributed by atoms with Gasteiger partial charge < -0.3 is 11.1 Å². The molecule has 4 unspecified atom stereocenters. The third kappa shape index (κ3) is 2.67. The third-order valence-electron chi connectivity index (χ3n) is 5.68. The van der Waals surface area contributed by atoms with Crippen molar-refractivity contribution in [3.8, 4) is 0 Å². The maximum atomic E-state index is 12.2. The smallest absolute Gasteiger partial charge is 0.221 e. The second-order valence-electron chi connectivity index (χ2n) is 7.67. The zero-order valence-corrected chi connectivity index (χ0v) is 13.0. The van der Waals surface area contributed by atoms with E-state index in [1.165, 1.54) is 19.3 Å². The first-order valence-electron chi connectivity index (χ1n) is 7.84. The second-order valence-corrected chi connectivity index (χ2v) is 7.67. The zero-order chi connectivity index (χ0) is 14.3. The monoisotopic (exact) mass is 266 g/mol. The molecule has 2 aliphatic rings. The first-order chi connectivity index (χ1) is 8.79. The van der Waals surface area contributed by atoms with Crippen LogP contribution in [0.15, 0.2) is 0 Å². The lowest BCUT2D eigenvalue weighted by Gasteiger charge is -2.43. The van der Waals surface area contributed by atoms with Gasteiger partial charge in [-0.05, 0) is 42.4 Å². The first kappa shape index (κ1) is 14.8. The van der Waals surface area contributed by atoms with Gasteiger partial charge in [0.15, 0.2) is 0 Å². The van der Waals surface area contributed by atoms with Crippen LogP contribution in [0, 0.1) is 16.7 Å². The van der Waals surface area contributed by atoms with E-state index in [0.717, 1.165) is 18.8 Å². The average molecular weight is 266 g/mol. The molecule has 2 fully saturated rings. The Balaban J connectivity index is 1.97. The van der Waals surface area contributed by atoms with Crippen LogP contribution < -0.4 is 11.1 Å².